The maximum Gasteiger partial charge on any atom is 0.410 e. The van der Waals surface area contributed by atoms with Crippen LogP contribution in [0.1, 0.15) is 84.7 Å². The molecule has 3 aromatic rings. The van der Waals surface area contributed by atoms with E-state index in [9.17, 15) is 14.4 Å². The average molecular weight is 585 g/mol. The van der Waals surface area contributed by atoms with E-state index >= 15 is 0 Å². The zero-order chi connectivity index (χ0) is 30.3. The Morgan fingerprint density at radius 2 is 1.81 bits per heavy atom. The zero-order valence-corrected chi connectivity index (χ0v) is 25.6. The highest BCUT2D eigenvalue weighted by molar-refractivity contribution is 6.11. The minimum Gasteiger partial charge on any atom is -0.444 e. The molecule has 2 amide bonds. The number of anilines is 2. The molecule has 0 unspecified atom stereocenters. The first-order chi connectivity index (χ1) is 20.4. The fourth-order valence-corrected chi connectivity index (χ4v) is 6.76. The van der Waals surface area contributed by atoms with E-state index in [2.05, 4.69) is 41.9 Å². The van der Waals surface area contributed by atoms with Crippen molar-refractivity contribution in [1.29, 1.82) is 0 Å². The summed E-state index contributed by atoms with van der Waals surface area (Å²) in [6.45, 7) is 10.7. The number of nitrogens with zero attached hydrogens (tertiary/aromatic N) is 5. The third kappa shape index (κ3) is 4.75. The Bertz CT molecular complexity index is 1630. The Labute approximate surface area is 251 Å². The molecule has 4 heterocycles. The van der Waals surface area contributed by atoms with Crippen LogP contribution in [-0.4, -0.2) is 68.0 Å². The quantitative estimate of drug-likeness (QED) is 0.416. The number of amides is 2. The van der Waals surface area contributed by atoms with Gasteiger partial charge in [0.2, 0.25) is 5.91 Å². The van der Waals surface area contributed by atoms with Crippen LogP contribution in [0.3, 0.4) is 0 Å². The number of nitrogens with one attached hydrogen (secondary N) is 1. The number of pyridine rings is 1. The second kappa shape index (κ2) is 9.79. The molecular formula is C33H40N6O4. The Morgan fingerprint density at radius 3 is 2.44 bits per heavy atom. The average Bonchev–Trinajstić information content (AvgIpc) is 3.59. The fraction of sp³-hybridized carbons (Fsp3) is 0.545. The molecule has 3 fully saturated rings. The van der Waals surface area contributed by atoms with Gasteiger partial charge in [0.05, 0.1) is 29.0 Å². The van der Waals surface area contributed by atoms with Gasteiger partial charge >= 0.3 is 6.09 Å². The minimum atomic E-state index is -0.725. The van der Waals surface area contributed by atoms with Crippen molar-refractivity contribution in [2.45, 2.75) is 102 Å². The number of ether oxygens (including phenoxy) is 1. The lowest BCUT2D eigenvalue weighted by molar-refractivity contribution is -0.128. The van der Waals surface area contributed by atoms with Gasteiger partial charge in [-0.25, -0.2) is 14.8 Å². The molecule has 1 N–H and O–H groups in total. The van der Waals surface area contributed by atoms with E-state index in [0.29, 0.717) is 44.8 Å². The number of ketones is 1. The Hall–Kier alpha value is -3.95. The smallest absolute Gasteiger partial charge is 0.410 e. The van der Waals surface area contributed by atoms with Crippen LogP contribution in [0.2, 0.25) is 0 Å². The highest BCUT2D eigenvalue weighted by Gasteiger charge is 2.55. The molecule has 0 bridgehead atoms. The molecule has 2 saturated carbocycles. The largest absolute Gasteiger partial charge is 0.444 e. The Morgan fingerprint density at radius 1 is 1.09 bits per heavy atom. The van der Waals surface area contributed by atoms with Gasteiger partial charge in [-0.05, 0) is 78.0 Å². The van der Waals surface area contributed by atoms with Crippen molar-refractivity contribution in [2.24, 2.45) is 0 Å². The zero-order valence-electron chi connectivity index (χ0n) is 25.6. The van der Waals surface area contributed by atoms with Crippen LogP contribution in [0.15, 0.2) is 30.6 Å². The van der Waals surface area contributed by atoms with Crippen LogP contribution in [-0.2, 0) is 19.7 Å². The summed E-state index contributed by atoms with van der Waals surface area (Å²) in [6.07, 6.45) is 5.58. The van der Waals surface area contributed by atoms with Crippen molar-refractivity contribution in [1.82, 2.24) is 19.4 Å². The first-order valence-corrected chi connectivity index (χ1v) is 15.6. The van der Waals surface area contributed by atoms with Crippen molar-refractivity contribution in [2.75, 3.05) is 23.3 Å². The summed E-state index contributed by atoms with van der Waals surface area (Å²) in [5, 5.41) is 3.62. The third-order valence-corrected chi connectivity index (χ3v) is 9.28. The van der Waals surface area contributed by atoms with E-state index in [4.69, 9.17) is 14.7 Å². The fourth-order valence-electron chi connectivity index (χ4n) is 6.76. The predicted octanol–water partition coefficient (Wildman–Crippen LogP) is 5.60. The van der Waals surface area contributed by atoms with Gasteiger partial charge in [-0.3, -0.25) is 9.59 Å². The molecule has 1 aromatic carbocycles. The number of hydrogen-bond donors (Lipinski definition) is 1. The minimum absolute atomic E-state index is 0.0381. The molecule has 2 aromatic heterocycles. The summed E-state index contributed by atoms with van der Waals surface area (Å²) < 4.78 is 7.76. The number of benzene rings is 1. The van der Waals surface area contributed by atoms with Crippen LogP contribution in [0.25, 0.3) is 22.3 Å². The van der Waals surface area contributed by atoms with Crippen molar-refractivity contribution in [3.05, 3.63) is 36.2 Å². The van der Waals surface area contributed by atoms with Gasteiger partial charge in [-0.15, -0.1) is 0 Å². The normalized spacial score (nSPS) is 20.2. The second-order valence-electron chi connectivity index (χ2n) is 13.9. The molecule has 2 aliphatic heterocycles. The van der Waals surface area contributed by atoms with Crippen LogP contribution in [0, 0.1) is 0 Å². The van der Waals surface area contributed by atoms with Gasteiger partial charge in [-0.2, -0.15) is 0 Å². The first kappa shape index (κ1) is 27.9. The number of rotatable bonds is 5. The van der Waals surface area contributed by atoms with Crippen molar-refractivity contribution in [3.63, 3.8) is 0 Å². The number of aromatic nitrogens is 3. The first-order valence-electron chi connectivity index (χ1n) is 15.6. The Kier molecular flexibility index (Phi) is 6.34. The summed E-state index contributed by atoms with van der Waals surface area (Å²) in [5.41, 5.74) is 4.12. The maximum absolute atomic E-state index is 14.3. The molecule has 2 aliphatic carbocycles. The van der Waals surface area contributed by atoms with Gasteiger partial charge < -0.3 is 24.4 Å². The van der Waals surface area contributed by atoms with E-state index in [0.717, 1.165) is 52.2 Å². The van der Waals surface area contributed by atoms with E-state index in [1.165, 1.54) is 0 Å². The highest BCUT2D eigenvalue weighted by Crippen LogP contribution is 2.51. The van der Waals surface area contributed by atoms with Gasteiger partial charge in [0.25, 0.3) is 0 Å². The standard InChI is InChI=1S/C33H40N6O4/c1-19(2)38-18-34-26-17-25(36-29(28(26)38)35-21-7-8-21)20-6-9-24-27(14-20)39(22-15-23(40)16-22)30(41)33(24)10-12-37(13-11-33)31(42)43-32(3,4)5/h6,9,14,17-19,21-22H,7-8,10-13,15-16H2,1-5H3,(H,35,36). The van der Waals surface area contributed by atoms with E-state index < -0.39 is 11.0 Å². The molecule has 7 rings (SSSR count). The molecular weight excluding hydrogens is 544 g/mol. The van der Waals surface area contributed by atoms with Crippen LogP contribution in [0.4, 0.5) is 16.3 Å². The maximum atomic E-state index is 14.3. The number of likely N-dealkylation sites (tertiary alicyclic amines) is 1. The molecule has 1 spiro atoms. The monoisotopic (exact) mass is 584 g/mol. The predicted molar refractivity (Wildman–Crippen MR) is 164 cm³/mol. The molecule has 43 heavy (non-hydrogen) atoms. The van der Waals surface area contributed by atoms with Gasteiger partial charge in [0.1, 0.15) is 16.9 Å². The molecule has 1 saturated heterocycles. The summed E-state index contributed by atoms with van der Waals surface area (Å²) in [7, 11) is 0. The molecule has 4 aliphatic rings. The number of imidazole rings is 1. The van der Waals surface area contributed by atoms with Crippen molar-refractivity contribution < 1.29 is 19.1 Å². The van der Waals surface area contributed by atoms with E-state index in [1.807, 2.05) is 38.1 Å². The number of carbonyl (C=O) groups is 3. The van der Waals surface area contributed by atoms with Crippen LogP contribution in [0.5, 0.6) is 0 Å². The lowest BCUT2D eigenvalue weighted by Crippen LogP contribution is -2.54. The van der Waals surface area contributed by atoms with Crippen molar-refractivity contribution >= 4 is 40.3 Å². The molecule has 10 nitrogen and oxygen atoms in total. The molecule has 226 valence electrons. The van der Waals surface area contributed by atoms with Crippen LogP contribution < -0.4 is 10.2 Å². The summed E-state index contributed by atoms with van der Waals surface area (Å²) in [5.74, 6) is 1.06. The van der Waals surface area contributed by atoms with Crippen molar-refractivity contribution in [3.8, 4) is 11.3 Å². The van der Waals surface area contributed by atoms with E-state index in [-0.39, 0.29) is 29.9 Å². The molecule has 0 atom stereocenters. The summed E-state index contributed by atoms with van der Waals surface area (Å²) >= 11 is 0. The topological polar surface area (TPSA) is 110 Å². The highest BCUT2D eigenvalue weighted by atomic mass is 16.6. The molecule has 10 heteroatoms. The number of Topliss-reactive ketones (excluding diaryl/α,β-unsaturated/α-hetero) is 1. The Balaban J connectivity index is 1.26. The number of carbonyl (C=O) groups excluding carboxylic acids is 3. The molecule has 0 radical (unpaired) electrons. The number of hydrogen-bond acceptors (Lipinski definition) is 7. The number of fused-ring (bicyclic) bond motifs is 3. The number of piperidine rings is 1. The summed E-state index contributed by atoms with van der Waals surface area (Å²) in [6, 6.07) is 8.76. The SMILES string of the molecule is CC(C)n1cnc2cc(-c3ccc4c(c3)N(C3CC(=O)C3)C(=O)C43CCN(C(=O)OC(C)(C)C)CC3)nc(NC3CC3)c21. The van der Waals surface area contributed by atoms with Gasteiger partial charge in [0, 0.05) is 49.3 Å². The lowest BCUT2D eigenvalue weighted by Gasteiger charge is -2.40. The van der Waals surface area contributed by atoms with Gasteiger partial charge in [0.15, 0.2) is 5.82 Å². The lowest BCUT2D eigenvalue weighted by atomic mass is 9.73. The second-order valence-corrected chi connectivity index (χ2v) is 13.9. The summed E-state index contributed by atoms with van der Waals surface area (Å²) in [4.78, 5) is 52.6. The van der Waals surface area contributed by atoms with Gasteiger partial charge in [-0.1, -0.05) is 12.1 Å². The van der Waals surface area contributed by atoms with E-state index in [1.54, 1.807) is 4.90 Å². The van der Waals surface area contributed by atoms with Crippen LogP contribution >= 0.6 is 0 Å². The third-order valence-electron chi connectivity index (χ3n) is 9.28.